The largest absolute Gasteiger partial charge is 0.311 e. The van der Waals surface area contributed by atoms with Crippen molar-refractivity contribution in [3.8, 4) is 0 Å². The Morgan fingerprint density at radius 2 is 1.86 bits per heavy atom. The zero-order valence-corrected chi connectivity index (χ0v) is 13.2. The molecule has 0 aromatic heterocycles. The molecule has 2 atom stereocenters. The van der Waals surface area contributed by atoms with Crippen molar-refractivity contribution in [1.29, 1.82) is 0 Å². The molecule has 116 valence electrons. The van der Waals surface area contributed by atoms with E-state index in [-0.39, 0.29) is 10.9 Å². The number of aryl methyl sites for hydroxylation is 1. The van der Waals surface area contributed by atoms with Gasteiger partial charge in [-0.2, -0.15) is 4.31 Å². The van der Waals surface area contributed by atoms with Crippen molar-refractivity contribution >= 4 is 10.0 Å². The van der Waals surface area contributed by atoms with Crippen LogP contribution in [0.3, 0.4) is 0 Å². The van der Waals surface area contributed by atoms with Gasteiger partial charge in [0.15, 0.2) is 0 Å². The molecule has 21 heavy (non-hydrogen) atoms. The van der Waals surface area contributed by atoms with E-state index in [0.29, 0.717) is 17.6 Å². The highest BCUT2D eigenvalue weighted by atomic mass is 32.2. The lowest BCUT2D eigenvalue weighted by Crippen LogP contribution is -2.48. The van der Waals surface area contributed by atoms with E-state index in [1.165, 1.54) is 22.5 Å². The third kappa shape index (κ3) is 2.72. The molecule has 0 spiro atoms. The van der Waals surface area contributed by atoms with Crippen LogP contribution in [0.2, 0.25) is 0 Å². The summed E-state index contributed by atoms with van der Waals surface area (Å²) < 4.78 is 40.2. The first-order valence-corrected chi connectivity index (χ1v) is 8.82. The summed E-state index contributed by atoms with van der Waals surface area (Å²) >= 11 is 0. The van der Waals surface area contributed by atoms with Crippen LogP contribution in [-0.2, 0) is 10.0 Å². The third-order valence-electron chi connectivity index (χ3n) is 4.76. The van der Waals surface area contributed by atoms with Crippen LogP contribution in [0, 0.1) is 12.7 Å². The van der Waals surface area contributed by atoms with Crippen LogP contribution in [-0.4, -0.2) is 37.9 Å². The first-order chi connectivity index (χ1) is 9.88. The lowest BCUT2D eigenvalue weighted by atomic mass is 10.0. The number of piperidine rings is 1. The molecule has 0 amide bonds. The standard InChI is InChI=1S/C15H21FN2O2S/c1-10-7-11(16)3-6-15(10)21(19,20)18(2)14-8-12-4-5-13(9-14)17-12/h3,6-7,12-14,17H,4-5,8-9H2,1-2H3. The SMILES string of the molecule is Cc1cc(F)ccc1S(=O)(=O)N(C)C1CC2CCC(C1)N2. The molecule has 2 saturated heterocycles. The average molecular weight is 312 g/mol. The van der Waals surface area contributed by atoms with Gasteiger partial charge in [-0.25, -0.2) is 12.8 Å². The molecule has 2 heterocycles. The molecule has 2 fully saturated rings. The molecule has 2 aliphatic heterocycles. The number of nitrogens with zero attached hydrogens (tertiary/aromatic N) is 1. The van der Waals surface area contributed by atoms with Gasteiger partial charge in [0, 0.05) is 25.2 Å². The van der Waals surface area contributed by atoms with Crippen LogP contribution in [0.1, 0.15) is 31.2 Å². The molecule has 1 N–H and O–H groups in total. The van der Waals surface area contributed by atoms with Crippen LogP contribution >= 0.6 is 0 Å². The maximum atomic E-state index is 13.2. The second-order valence-electron chi connectivity index (χ2n) is 6.19. The van der Waals surface area contributed by atoms with E-state index in [0.717, 1.165) is 25.7 Å². The summed E-state index contributed by atoms with van der Waals surface area (Å²) in [5, 5.41) is 3.51. The van der Waals surface area contributed by atoms with E-state index in [1.54, 1.807) is 14.0 Å². The average Bonchev–Trinajstić information content (AvgIpc) is 2.76. The van der Waals surface area contributed by atoms with Crippen molar-refractivity contribution in [1.82, 2.24) is 9.62 Å². The Kier molecular flexibility index (Phi) is 3.80. The topological polar surface area (TPSA) is 49.4 Å². The molecule has 2 bridgehead atoms. The number of nitrogens with one attached hydrogen (secondary N) is 1. The van der Waals surface area contributed by atoms with Crippen molar-refractivity contribution in [3.05, 3.63) is 29.6 Å². The minimum Gasteiger partial charge on any atom is -0.311 e. The number of rotatable bonds is 3. The van der Waals surface area contributed by atoms with Crippen molar-refractivity contribution in [3.63, 3.8) is 0 Å². The molecule has 0 aliphatic carbocycles. The van der Waals surface area contributed by atoms with E-state index in [9.17, 15) is 12.8 Å². The highest BCUT2D eigenvalue weighted by Crippen LogP contribution is 2.32. The van der Waals surface area contributed by atoms with Gasteiger partial charge >= 0.3 is 0 Å². The van der Waals surface area contributed by atoms with Gasteiger partial charge in [-0.15, -0.1) is 0 Å². The number of hydrogen-bond donors (Lipinski definition) is 1. The molecular weight excluding hydrogens is 291 g/mol. The summed E-state index contributed by atoms with van der Waals surface area (Å²) in [4.78, 5) is 0.206. The summed E-state index contributed by atoms with van der Waals surface area (Å²) in [7, 11) is -1.92. The predicted octanol–water partition coefficient (Wildman–Crippen LogP) is 2.04. The quantitative estimate of drug-likeness (QED) is 0.929. The summed E-state index contributed by atoms with van der Waals surface area (Å²) in [6.45, 7) is 1.63. The second kappa shape index (κ2) is 5.34. The van der Waals surface area contributed by atoms with E-state index < -0.39 is 15.8 Å². The Morgan fingerprint density at radius 1 is 1.24 bits per heavy atom. The number of benzene rings is 1. The first kappa shape index (κ1) is 14.9. The molecule has 3 rings (SSSR count). The van der Waals surface area contributed by atoms with Gasteiger partial charge < -0.3 is 5.32 Å². The van der Waals surface area contributed by atoms with Crippen molar-refractivity contribution in [2.75, 3.05) is 7.05 Å². The normalized spacial score (nSPS) is 29.0. The highest BCUT2D eigenvalue weighted by molar-refractivity contribution is 7.89. The number of fused-ring (bicyclic) bond motifs is 2. The van der Waals surface area contributed by atoms with Gasteiger partial charge in [0.1, 0.15) is 5.82 Å². The summed E-state index contributed by atoms with van der Waals surface area (Å²) in [5.41, 5.74) is 0.457. The van der Waals surface area contributed by atoms with Crippen molar-refractivity contribution < 1.29 is 12.8 Å². The Bertz CT molecular complexity index is 635. The van der Waals surface area contributed by atoms with Gasteiger partial charge in [-0.3, -0.25) is 0 Å². The van der Waals surface area contributed by atoms with Crippen LogP contribution in [0.15, 0.2) is 23.1 Å². The first-order valence-electron chi connectivity index (χ1n) is 7.38. The molecule has 6 heteroatoms. The fourth-order valence-electron chi connectivity index (χ4n) is 3.58. The second-order valence-corrected chi connectivity index (χ2v) is 8.16. The maximum Gasteiger partial charge on any atom is 0.243 e. The summed E-state index contributed by atoms with van der Waals surface area (Å²) in [6, 6.07) is 4.73. The zero-order chi connectivity index (χ0) is 15.2. The Morgan fingerprint density at radius 3 is 2.43 bits per heavy atom. The molecular formula is C15H21FN2O2S. The van der Waals surface area contributed by atoms with Gasteiger partial charge in [0.2, 0.25) is 10.0 Å². The van der Waals surface area contributed by atoms with E-state index in [1.807, 2.05) is 0 Å². The molecule has 2 aliphatic rings. The molecule has 2 unspecified atom stereocenters. The van der Waals surface area contributed by atoms with Crippen LogP contribution < -0.4 is 5.32 Å². The van der Waals surface area contributed by atoms with Gasteiger partial charge in [0.05, 0.1) is 4.90 Å². The van der Waals surface area contributed by atoms with Gasteiger partial charge in [-0.1, -0.05) is 0 Å². The maximum absolute atomic E-state index is 13.2. The van der Waals surface area contributed by atoms with E-state index in [2.05, 4.69) is 5.32 Å². The Hall–Kier alpha value is -0.980. The van der Waals surface area contributed by atoms with Crippen LogP contribution in [0.25, 0.3) is 0 Å². The van der Waals surface area contributed by atoms with Crippen LogP contribution in [0.4, 0.5) is 4.39 Å². The Labute approximate surface area is 125 Å². The minimum atomic E-state index is -3.57. The van der Waals surface area contributed by atoms with Crippen molar-refractivity contribution in [2.45, 2.75) is 55.6 Å². The number of halogens is 1. The monoisotopic (exact) mass is 312 g/mol. The number of hydrogen-bond acceptors (Lipinski definition) is 3. The predicted molar refractivity (Wildman–Crippen MR) is 79.1 cm³/mol. The fourth-order valence-corrected chi connectivity index (χ4v) is 5.16. The molecule has 1 aromatic carbocycles. The van der Waals surface area contributed by atoms with E-state index >= 15 is 0 Å². The zero-order valence-electron chi connectivity index (χ0n) is 12.3. The Balaban J connectivity index is 1.87. The smallest absolute Gasteiger partial charge is 0.243 e. The molecule has 0 saturated carbocycles. The number of sulfonamides is 1. The fraction of sp³-hybridized carbons (Fsp3) is 0.600. The lowest BCUT2D eigenvalue weighted by Gasteiger charge is -2.35. The minimum absolute atomic E-state index is 0.0261. The highest BCUT2D eigenvalue weighted by Gasteiger charge is 2.39. The molecule has 4 nitrogen and oxygen atoms in total. The summed E-state index contributed by atoms with van der Waals surface area (Å²) in [5.74, 6) is -0.408. The third-order valence-corrected chi connectivity index (χ3v) is 6.83. The molecule has 1 aromatic rings. The van der Waals surface area contributed by atoms with Crippen molar-refractivity contribution in [2.24, 2.45) is 0 Å². The van der Waals surface area contributed by atoms with Gasteiger partial charge in [0.25, 0.3) is 0 Å². The summed E-state index contributed by atoms with van der Waals surface area (Å²) in [6.07, 6.45) is 3.97. The van der Waals surface area contributed by atoms with E-state index in [4.69, 9.17) is 0 Å². The lowest BCUT2D eigenvalue weighted by molar-refractivity contribution is 0.251. The molecule has 0 radical (unpaired) electrons. The van der Waals surface area contributed by atoms with Gasteiger partial charge in [-0.05, 0) is 56.4 Å². The van der Waals surface area contributed by atoms with Crippen LogP contribution in [0.5, 0.6) is 0 Å².